The number of benzene rings is 2. The number of para-hydroxylation sites is 1. The topological polar surface area (TPSA) is 66.5 Å². The predicted molar refractivity (Wildman–Crippen MR) is 110 cm³/mol. The van der Waals surface area contributed by atoms with Crippen LogP contribution >= 0.6 is 11.8 Å². The van der Waals surface area contributed by atoms with Gasteiger partial charge in [-0.3, -0.25) is 9.10 Å². The third kappa shape index (κ3) is 5.25. The minimum absolute atomic E-state index is 0.136. The van der Waals surface area contributed by atoms with E-state index in [0.717, 1.165) is 21.0 Å². The molecule has 26 heavy (non-hydrogen) atoms. The molecular weight excluding hydrogens is 368 g/mol. The van der Waals surface area contributed by atoms with E-state index < -0.39 is 10.0 Å². The second kappa shape index (κ2) is 8.60. The number of carbonyl (C=O) groups is 1. The summed E-state index contributed by atoms with van der Waals surface area (Å²) in [5.74, 6) is -0.246. The highest BCUT2D eigenvalue weighted by Gasteiger charge is 2.24. The first-order chi connectivity index (χ1) is 12.2. The van der Waals surface area contributed by atoms with Crippen LogP contribution in [0.1, 0.15) is 25.3 Å². The van der Waals surface area contributed by atoms with Gasteiger partial charge in [0, 0.05) is 10.6 Å². The molecule has 0 spiro atoms. The van der Waals surface area contributed by atoms with Crippen molar-refractivity contribution in [3.05, 3.63) is 54.1 Å². The van der Waals surface area contributed by atoms with Crippen LogP contribution in [0, 0.1) is 0 Å². The monoisotopic (exact) mass is 392 g/mol. The zero-order valence-electron chi connectivity index (χ0n) is 15.4. The number of anilines is 2. The summed E-state index contributed by atoms with van der Waals surface area (Å²) in [6.45, 7) is 3.71. The average molecular weight is 393 g/mol. The van der Waals surface area contributed by atoms with E-state index in [4.69, 9.17) is 0 Å². The summed E-state index contributed by atoms with van der Waals surface area (Å²) in [4.78, 5) is 13.5. The predicted octanol–water partition coefficient (Wildman–Crippen LogP) is 3.94. The molecule has 0 atom stereocenters. The molecule has 2 aromatic carbocycles. The van der Waals surface area contributed by atoms with E-state index in [1.54, 1.807) is 30.0 Å². The molecule has 1 N–H and O–H groups in total. The summed E-state index contributed by atoms with van der Waals surface area (Å²) < 4.78 is 25.8. The fourth-order valence-corrected chi connectivity index (χ4v) is 3.95. The molecule has 0 radical (unpaired) electrons. The Labute approximate surface area is 159 Å². The van der Waals surface area contributed by atoms with E-state index in [9.17, 15) is 13.2 Å². The number of sulfonamides is 1. The van der Waals surface area contributed by atoms with Crippen LogP contribution in [0.25, 0.3) is 0 Å². The summed E-state index contributed by atoms with van der Waals surface area (Å²) in [7, 11) is -3.61. The molecule has 7 heteroatoms. The van der Waals surface area contributed by atoms with Crippen LogP contribution in [0.5, 0.6) is 0 Å². The van der Waals surface area contributed by atoms with Gasteiger partial charge in [-0.2, -0.15) is 0 Å². The summed E-state index contributed by atoms with van der Waals surface area (Å²) in [6, 6.07) is 14.7. The van der Waals surface area contributed by atoms with E-state index in [1.807, 2.05) is 50.4 Å². The zero-order valence-corrected chi connectivity index (χ0v) is 17.0. The Kier molecular flexibility index (Phi) is 6.72. The van der Waals surface area contributed by atoms with Crippen molar-refractivity contribution in [1.29, 1.82) is 0 Å². The highest BCUT2D eigenvalue weighted by Crippen LogP contribution is 2.29. The van der Waals surface area contributed by atoms with Gasteiger partial charge in [0.05, 0.1) is 11.9 Å². The Hall–Kier alpha value is -1.99. The summed E-state index contributed by atoms with van der Waals surface area (Å²) in [5.41, 5.74) is 2.07. The minimum atomic E-state index is -3.61. The van der Waals surface area contributed by atoms with Gasteiger partial charge >= 0.3 is 0 Å². The van der Waals surface area contributed by atoms with Crippen LogP contribution in [0.15, 0.2) is 53.4 Å². The summed E-state index contributed by atoms with van der Waals surface area (Å²) in [6.07, 6.45) is 3.07. The first-order valence-electron chi connectivity index (χ1n) is 8.23. The summed E-state index contributed by atoms with van der Waals surface area (Å²) in [5, 5.41) is 2.78. The Morgan fingerprint density at radius 2 is 1.85 bits per heavy atom. The van der Waals surface area contributed by atoms with E-state index in [-0.39, 0.29) is 18.4 Å². The Morgan fingerprint density at radius 1 is 1.15 bits per heavy atom. The van der Waals surface area contributed by atoms with E-state index in [0.29, 0.717) is 11.4 Å². The second-order valence-corrected chi connectivity index (χ2v) is 9.05. The van der Waals surface area contributed by atoms with Gasteiger partial charge in [-0.25, -0.2) is 8.42 Å². The lowest BCUT2D eigenvalue weighted by atomic mass is 10.0. The van der Waals surface area contributed by atoms with Crippen LogP contribution in [-0.4, -0.2) is 33.4 Å². The number of hydrogen-bond acceptors (Lipinski definition) is 4. The quantitative estimate of drug-likeness (QED) is 0.725. The van der Waals surface area contributed by atoms with Gasteiger partial charge in [0.15, 0.2) is 0 Å². The lowest BCUT2D eigenvalue weighted by molar-refractivity contribution is -0.114. The van der Waals surface area contributed by atoms with Crippen molar-refractivity contribution in [2.24, 2.45) is 0 Å². The van der Waals surface area contributed by atoms with Crippen molar-refractivity contribution in [3.63, 3.8) is 0 Å². The first kappa shape index (κ1) is 20.3. The average Bonchev–Trinajstić information content (AvgIpc) is 2.59. The molecule has 0 saturated heterocycles. The van der Waals surface area contributed by atoms with E-state index >= 15 is 0 Å². The Morgan fingerprint density at radius 3 is 2.46 bits per heavy atom. The van der Waals surface area contributed by atoms with Gasteiger partial charge < -0.3 is 5.32 Å². The van der Waals surface area contributed by atoms with Gasteiger partial charge in [-0.15, -0.1) is 11.8 Å². The van der Waals surface area contributed by atoms with Gasteiger partial charge in [0.25, 0.3) is 0 Å². The largest absolute Gasteiger partial charge is 0.324 e. The van der Waals surface area contributed by atoms with Crippen molar-refractivity contribution in [1.82, 2.24) is 0 Å². The molecule has 0 bridgehead atoms. The molecule has 0 saturated carbocycles. The van der Waals surface area contributed by atoms with Crippen LogP contribution in [-0.2, 0) is 14.8 Å². The second-order valence-electron chi connectivity index (χ2n) is 6.26. The molecule has 0 heterocycles. The van der Waals surface area contributed by atoms with E-state index in [1.165, 1.54) is 0 Å². The zero-order chi connectivity index (χ0) is 19.3. The molecule has 2 aromatic rings. The Balaban J connectivity index is 2.28. The van der Waals surface area contributed by atoms with Crippen molar-refractivity contribution >= 4 is 39.1 Å². The number of hydrogen-bond donors (Lipinski definition) is 1. The number of thioether (sulfide) groups is 1. The smallest absolute Gasteiger partial charge is 0.245 e. The van der Waals surface area contributed by atoms with E-state index in [2.05, 4.69) is 5.32 Å². The molecule has 0 unspecified atom stereocenters. The van der Waals surface area contributed by atoms with Crippen LogP contribution in [0.2, 0.25) is 0 Å². The first-order valence-corrected chi connectivity index (χ1v) is 11.3. The lowest BCUT2D eigenvalue weighted by Gasteiger charge is -2.25. The molecule has 5 nitrogen and oxygen atoms in total. The third-order valence-electron chi connectivity index (χ3n) is 3.87. The Bertz CT molecular complexity index is 880. The van der Waals surface area contributed by atoms with Gasteiger partial charge in [0.1, 0.15) is 6.54 Å². The van der Waals surface area contributed by atoms with Crippen LogP contribution < -0.4 is 9.62 Å². The molecule has 1 amide bonds. The van der Waals surface area contributed by atoms with Gasteiger partial charge in [-0.05, 0) is 42.0 Å². The highest BCUT2D eigenvalue weighted by atomic mass is 32.2. The standard InChI is InChI=1S/C19H24N2O3S2/c1-14(2)17-10-5-6-11-18(17)21(26(4,23)24)13-19(22)20-15-8-7-9-16(12-15)25-3/h5-12,14H,13H2,1-4H3,(H,20,22). The minimum Gasteiger partial charge on any atom is -0.324 e. The number of carbonyl (C=O) groups excluding carboxylic acids is 1. The molecule has 0 aromatic heterocycles. The molecule has 0 aliphatic heterocycles. The number of amides is 1. The lowest BCUT2D eigenvalue weighted by Crippen LogP contribution is -2.38. The van der Waals surface area contributed by atoms with Gasteiger partial charge in [-0.1, -0.05) is 38.1 Å². The normalized spacial score (nSPS) is 11.4. The maximum absolute atomic E-state index is 12.5. The molecule has 0 fully saturated rings. The number of rotatable bonds is 7. The molecule has 2 rings (SSSR count). The molecular formula is C19H24N2O3S2. The van der Waals surface area contributed by atoms with Crippen molar-refractivity contribution in [3.8, 4) is 0 Å². The molecule has 0 aliphatic carbocycles. The van der Waals surface area contributed by atoms with Crippen molar-refractivity contribution in [2.45, 2.75) is 24.7 Å². The van der Waals surface area contributed by atoms with Crippen molar-refractivity contribution < 1.29 is 13.2 Å². The number of nitrogens with zero attached hydrogens (tertiary/aromatic N) is 1. The number of nitrogens with one attached hydrogen (secondary N) is 1. The fraction of sp³-hybridized carbons (Fsp3) is 0.316. The third-order valence-corrected chi connectivity index (χ3v) is 5.72. The fourth-order valence-electron chi connectivity index (χ4n) is 2.62. The SMILES string of the molecule is CSc1cccc(NC(=O)CN(c2ccccc2C(C)C)S(C)(=O)=O)c1. The van der Waals surface area contributed by atoms with Crippen LogP contribution in [0.4, 0.5) is 11.4 Å². The maximum Gasteiger partial charge on any atom is 0.245 e. The summed E-state index contributed by atoms with van der Waals surface area (Å²) >= 11 is 1.57. The maximum atomic E-state index is 12.5. The van der Waals surface area contributed by atoms with Gasteiger partial charge in [0.2, 0.25) is 15.9 Å². The molecule has 140 valence electrons. The van der Waals surface area contributed by atoms with Crippen molar-refractivity contribution in [2.75, 3.05) is 28.7 Å². The highest BCUT2D eigenvalue weighted by molar-refractivity contribution is 7.98. The van der Waals surface area contributed by atoms with Crippen LogP contribution in [0.3, 0.4) is 0 Å². The molecule has 0 aliphatic rings.